The molecule has 4 rings (SSSR count). The van der Waals surface area contributed by atoms with Gasteiger partial charge in [0, 0.05) is 31.6 Å². The lowest BCUT2D eigenvalue weighted by Gasteiger charge is -2.39. The second-order valence-electron chi connectivity index (χ2n) is 7.65. The van der Waals surface area contributed by atoms with Gasteiger partial charge in [0.15, 0.2) is 0 Å². The summed E-state index contributed by atoms with van der Waals surface area (Å²) in [6.07, 6.45) is 1.38. The minimum atomic E-state index is -0.202. The van der Waals surface area contributed by atoms with E-state index in [4.69, 9.17) is 23.2 Å². The van der Waals surface area contributed by atoms with Gasteiger partial charge in [-0.3, -0.25) is 14.5 Å². The highest BCUT2D eigenvalue weighted by molar-refractivity contribution is 6.42. The van der Waals surface area contributed by atoms with Gasteiger partial charge in [0.25, 0.3) is 0 Å². The summed E-state index contributed by atoms with van der Waals surface area (Å²) < 4.78 is 0. The molecule has 1 unspecified atom stereocenters. The molecule has 1 fully saturated rings. The van der Waals surface area contributed by atoms with Crippen LogP contribution in [0, 0.1) is 0 Å². The Balaban J connectivity index is 1.60. The molecule has 152 valence electrons. The van der Waals surface area contributed by atoms with Crippen LogP contribution in [0.25, 0.3) is 0 Å². The zero-order valence-corrected chi connectivity index (χ0v) is 17.4. The van der Waals surface area contributed by atoms with Gasteiger partial charge in [-0.15, -0.1) is 0 Å². The highest BCUT2D eigenvalue weighted by Crippen LogP contribution is 2.36. The number of fused-ring (bicyclic) bond motifs is 1. The molecule has 5 nitrogen and oxygen atoms in total. The number of phenols is 1. The number of amides is 1. The smallest absolute Gasteiger partial charge is 0.227 e. The van der Waals surface area contributed by atoms with E-state index < -0.39 is 0 Å². The van der Waals surface area contributed by atoms with Crippen LogP contribution in [0.2, 0.25) is 10.0 Å². The zero-order valence-electron chi connectivity index (χ0n) is 15.9. The average Bonchev–Trinajstić information content (AvgIpc) is 3.10. The highest BCUT2D eigenvalue weighted by atomic mass is 35.5. The summed E-state index contributed by atoms with van der Waals surface area (Å²) in [4.78, 5) is 28.9. The molecule has 2 heterocycles. The van der Waals surface area contributed by atoms with E-state index in [-0.39, 0.29) is 29.9 Å². The second kappa shape index (κ2) is 8.34. The molecule has 0 bridgehead atoms. The minimum Gasteiger partial charge on any atom is -0.508 e. The fourth-order valence-electron chi connectivity index (χ4n) is 4.24. The van der Waals surface area contributed by atoms with Gasteiger partial charge in [0.05, 0.1) is 29.1 Å². The van der Waals surface area contributed by atoms with Crippen molar-refractivity contribution in [2.45, 2.75) is 25.3 Å². The summed E-state index contributed by atoms with van der Waals surface area (Å²) in [5.74, 6) is 0.486. The first kappa shape index (κ1) is 20.2. The standard InChI is InChI=1S/C22H22Cl2N2O3/c23-18-5-4-14(10-19(18)24)11-22(29)26-9-7-17-16(2-1-3-21(17)28)20(26)13-25-8-6-15(27)12-25/h1-5,10,20,28H,6-9,11-13H2. The van der Waals surface area contributed by atoms with E-state index in [0.29, 0.717) is 49.1 Å². The van der Waals surface area contributed by atoms with Crippen molar-refractivity contribution in [2.24, 2.45) is 0 Å². The van der Waals surface area contributed by atoms with Crippen LogP contribution in [0.15, 0.2) is 36.4 Å². The maximum absolute atomic E-state index is 13.2. The number of benzene rings is 2. The predicted octanol–water partition coefficient (Wildman–Crippen LogP) is 3.64. The van der Waals surface area contributed by atoms with Crippen LogP contribution in [0.5, 0.6) is 5.75 Å². The Morgan fingerprint density at radius 2 is 1.93 bits per heavy atom. The molecule has 1 N–H and O–H groups in total. The minimum absolute atomic E-state index is 0.00657. The average molecular weight is 433 g/mol. The van der Waals surface area contributed by atoms with Crippen LogP contribution in [-0.4, -0.2) is 52.8 Å². The highest BCUT2D eigenvalue weighted by Gasteiger charge is 2.34. The molecule has 0 radical (unpaired) electrons. The number of hydrogen-bond donors (Lipinski definition) is 1. The monoisotopic (exact) mass is 432 g/mol. The van der Waals surface area contributed by atoms with Crippen LogP contribution < -0.4 is 0 Å². The SMILES string of the molecule is O=C1CCN(CC2c3cccc(O)c3CCN2C(=O)Cc2ccc(Cl)c(Cl)c2)C1. The number of halogens is 2. The van der Waals surface area contributed by atoms with Crippen molar-refractivity contribution < 1.29 is 14.7 Å². The number of aromatic hydroxyl groups is 1. The van der Waals surface area contributed by atoms with Crippen molar-refractivity contribution in [3.63, 3.8) is 0 Å². The molecule has 2 aromatic rings. The van der Waals surface area contributed by atoms with Gasteiger partial charge >= 0.3 is 0 Å². The Morgan fingerprint density at radius 3 is 2.66 bits per heavy atom. The largest absolute Gasteiger partial charge is 0.508 e. The van der Waals surface area contributed by atoms with Crippen molar-refractivity contribution in [3.05, 3.63) is 63.1 Å². The maximum atomic E-state index is 13.2. The summed E-state index contributed by atoms with van der Waals surface area (Å²) in [6, 6.07) is 10.5. The van der Waals surface area contributed by atoms with E-state index in [9.17, 15) is 14.7 Å². The summed E-state index contributed by atoms with van der Waals surface area (Å²) in [5.41, 5.74) is 2.65. The molecule has 2 aliphatic rings. The van der Waals surface area contributed by atoms with E-state index in [1.807, 2.05) is 23.1 Å². The van der Waals surface area contributed by atoms with Crippen molar-refractivity contribution in [3.8, 4) is 5.75 Å². The molecule has 7 heteroatoms. The number of nitrogens with zero attached hydrogens (tertiary/aromatic N) is 2. The van der Waals surface area contributed by atoms with Crippen molar-refractivity contribution in [1.82, 2.24) is 9.80 Å². The number of carbonyl (C=O) groups excluding carboxylic acids is 2. The molecule has 0 aliphatic carbocycles. The number of ketones is 1. The van der Waals surface area contributed by atoms with Gasteiger partial charge < -0.3 is 10.0 Å². The Morgan fingerprint density at radius 1 is 1.10 bits per heavy atom. The normalized spacial score (nSPS) is 19.4. The Labute approximate surface area is 179 Å². The molecule has 1 amide bonds. The molecule has 0 aromatic heterocycles. The third-order valence-corrected chi connectivity index (χ3v) is 6.46. The first-order valence-corrected chi connectivity index (χ1v) is 10.5. The number of hydrogen-bond acceptors (Lipinski definition) is 4. The van der Waals surface area contributed by atoms with Gasteiger partial charge in [0.1, 0.15) is 11.5 Å². The maximum Gasteiger partial charge on any atom is 0.227 e. The van der Waals surface area contributed by atoms with Gasteiger partial charge in [-0.05, 0) is 35.7 Å². The molecule has 0 spiro atoms. The predicted molar refractivity (Wildman–Crippen MR) is 112 cm³/mol. The molecule has 1 atom stereocenters. The van der Waals surface area contributed by atoms with E-state index in [1.165, 1.54) is 0 Å². The number of carbonyl (C=O) groups is 2. The topological polar surface area (TPSA) is 60.9 Å². The number of Topliss-reactive ketones (excluding diaryl/α,β-unsaturated/α-hetero) is 1. The summed E-state index contributed by atoms with van der Waals surface area (Å²) in [7, 11) is 0. The van der Waals surface area contributed by atoms with Crippen LogP contribution >= 0.6 is 23.2 Å². The van der Waals surface area contributed by atoms with E-state index in [1.54, 1.807) is 18.2 Å². The summed E-state index contributed by atoms with van der Waals surface area (Å²) in [6.45, 7) is 2.23. The van der Waals surface area contributed by atoms with Crippen LogP contribution in [0.4, 0.5) is 0 Å². The lowest BCUT2D eigenvalue weighted by molar-refractivity contribution is -0.133. The third-order valence-electron chi connectivity index (χ3n) is 5.72. The van der Waals surface area contributed by atoms with Crippen LogP contribution in [-0.2, 0) is 22.4 Å². The van der Waals surface area contributed by atoms with Crippen molar-refractivity contribution in [2.75, 3.05) is 26.2 Å². The van der Waals surface area contributed by atoms with Crippen LogP contribution in [0.3, 0.4) is 0 Å². The van der Waals surface area contributed by atoms with E-state index in [2.05, 4.69) is 4.90 Å². The lowest BCUT2D eigenvalue weighted by Crippen LogP contribution is -2.45. The number of likely N-dealkylation sites (tertiary alicyclic amines) is 1. The van der Waals surface area contributed by atoms with Gasteiger partial charge in [-0.25, -0.2) is 0 Å². The molecule has 1 saturated heterocycles. The first-order valence-electron chi connectivity index (χ1n) is 9.70. The molecule has 29 heavy (non-hydrogen) atoms. The number of phenolic OH excluding ortho intramolecular Hbond substituents is 1. The van der Waals surface area contributed by atoms with E-state index >= 15 is 0 Å². The molecular formula is C22H22Cl2N2O3. The Hall–Kier alpha value is -2.08. The van der Waals surface area contributed by atoms with Gasteiger partial charge in [0.2, 0.25) is 5.91 Å². The summed E-state index contributed by atoms with van der Waals surface area (Å²) in [5, 5.41) is 11.2. The second-order valence-corrected chi connectivity index (χ2v) is 8.46. The van der Waals surface area contributed by atoms with Gasteiger partial charge in [-0.1, -0.05) is 41.4 Å². The fraction of sp³-hybridized carbons (Fsp3) is 0.364. The van der Waals surface area contributed by atoms with Crippen molar-refractivity contribution >= 4 is 34.9 Å². The quantitative estimate of drug-likeness (QED) is 0.800. The lowest BCUT2D eigenvalue weighted by atomic mass is 9.91. The fourth-order valence-corrected chi connectivity index (χ4v) is 4.57. The first-order chi connectivity index (χ1) is 13.9. The molecular weight excluding hydrogens is 411 g/mol. The van der Waals surface area contributed by atoms with Crippen molar-refractivity contribution in [1.29, 1.82) is 0 Å². The third kappa shape index (κ3) is 4.27. The molecule has 0 saturated carbocycles. The van der Waals surface area contributed by atoms with Crippen LogP contribution in [0.1, 0.15) is 29.2 Å². The van der Waals surface area contributed by atoms with Gasteiger partial charge in [-0.2, -0.15) is 0 Å². The molecule has 2 aliphatic heterocycles. The Bertz CT molecular complexity index is 963. The van der Waals surface area contributed by atoms with E-state index in [0.717, 1.165) is 16.7 Å². The number of rotatable bonds is 4. The summed E-state index contributed by atoms with van der Waals surface area (Å²) >= 11 is 12.1. The zero-order chi connectivity index (χ0) is 20.5. The molecule has 2 aromatic carbocycles. The Kier molecular flexibility index (Phi) is 5.81.